The second kappa shape index (κ2) is 12.5. The predicted octanol–water partition coefficient (Wildman–Crippen LogP) is 5.74. The quantitative estimate of drug-likeness (QED) is 0.468. The molecule has 212 valence electrons. The molecule has 2 aliphatic heterocycles. The van der Waals surface area contributed by atoms with E-state index in [9.17, 15) is 13.2 Å². The Labute approximate surface area is 237 Å². The summed E-state index contributed by atoms with van der Waals surface area (Å²) in [6.45, 7) is 2.06. The van der Waals surface area contributed by atoms with Gasteiger partial charge in [0.25, 0.3) is 5.91 Å². The molecule has 3 atom stereocenters. The van der Waals surface area contributed by atoms with Crippen molar-refractivity contribution in [3.05, 3.63) is 58.1 Å². The number of ether oxygens (including phenoxy) is 2. The molecule has 2 bridgehead atoms. The Hall–Kier alpha value is -2.29. The Bertz CT molecular complexity index is 1280. The lowest BCUT2D eigenvalue weighted by Gasteiger charge is -2.44. The van der Waals surface area contributed by atoms with E-state index in [1.165, 1.54) is 5.56 Å². The van der Waals surface area contributed by atoms with Crippen LogP contribution in [0.3, 0.4) is 0 Å². The Morgan fingerprint density at radius 2 is 1.87 bits per heavy atom. The fourth-order valence-corrected chi connectivity index (χ4v) is 7.53. The Morgan fingerprint density at radius 3 is 2.67 bits per heavy atom. The average Bonchev–Trinajstić information content (AvgIpc) is 2.92. The molecule has 1 aliphatic carbocycles. The number of carbonyl (C=O) groups is 1. The first-order valence-electron chi connectivity index (χ1n) is 14.2. The zero-order valence-corrected chi connectivity index (χ0v) is 24.2. The van der Waals surface area contributed by atoms with E-state index in [2.05, 4.69) is 9.62 Å². The number of rotatable bonds is 1. The van der Waals surface area contributed by atoms with Gasteiger partial charge in [-0.25, -0.2) is 13.1 Å². The number of aryl methyl sites for hydroxylation is 1. The highest BCUT2D eigenvalue weighted by Crippen LogP contribution is 2.42. The normalized spacial score (nSPS) is 26.1. The monoisotopic (exact) mass is 574 g/mol. The van der Waals surface area contributed by atoms with Crippen molar-refractivity contribution in [1.82, 2.24) is 4.72 Å². The fraction of sp³-hybridized carbons (Fsp3) is 0.567. The lowest BCUT2D eigenvalue weighted by molar-refractivity contribution is -0.0218. The van der Waals surface area contributed by atoms with Gasteiger partial charge in [-0.1, -0.05) is 30.5 Å². The molecule has 39 heavy (non-hydrogen) atoms. The van der Waals surface area contributed by atoms with Crippen LogP contribution in [0.15, 0.2) is 36.4 Å². The van der Waals surface area contributed by atoms with Crippen LogP contribution in [0.25, 0.3) is 0 Å². The molecule has 7 nitrogen and oxygen atoms in total. The van der Waals surface area contributed by atoms with Crippen LogP contribution < -0.4 is 14.4 Å². The highest BCUT2D eigenvalue weighted by molar-refractivity contribution is 7.90. The number of halogens is 1. The molecule has 0 aromatic heterocycles. The summed E-state index contributed by atoms with van der Waals surface area (Å²) in [4.78, 5) is 15.4. The third-order valence-electron chi connectivity index (χ3n) is 8.60. The number of sulfonamides is 1. The molecule has 0 unspecified atom stereocenters. The standard InChI is InChI=1S/C30H39ClN2O5S/c1-37-28-8-3-2-6-16-39(35,36)32-30(34)22-11-14-29-27(18-22)33(19-23-10-13-26(23)28)15-5-4-7-21-17-25(31)12-9-24(21)20-38-29/h9,11-12,14,17-18,23,26,28H,2-8,10,13,15-16,19-20H2,1H3,(H,32,34)/t23-,26+,28+/m0/s1. The van der Waals surface area contributed by atoms with Crippen LogP contribution >= 0.6 is 11.6 Å². The van der Waals surface area contributed by atoms with E-state index in [4.69, 9.17) is 21.1 Å². The average molecular weight is 575 g/mol. The van der Waals surface area contributed by atoms with E-state index in [0.29, 0.717) is 36.2 Å². The summed E-state index contributed by atoms with van der Waals surface area (Å²) in [5, 5.41) is 0.726. The van der Waals surface area contributed by atoms with Gasteiger partial charge in [0, 0.05) is 30.8 Å². The summed E-state index contributed by atoms with van der Waals surface area (Å²) < 4.78 is 39.9. The first-order chi connectivity index (χ1) is 18.8. The molecule has 2 aromatic rings. The minimum atomic E-state index is -3.72. The maximum absolute atomic E-state index is 13.1. The predicted molar refractivity (Wildman–Crippen MR) is 154 cm³/mol. The second-order valence-electron chi connectivity index (χ2n) is 11.2. The number of hydrogen-bond donors (Lipinski definition) is 1. The van der Waals surface area contributed by atoms with Gasteiger partial charge in [0.05, 0.1) is 17.5 Å². The minimum Gasteiger partial charge on any atom is -0.487 e. The van der Waals surface area contributed by atoms with Gasteiger partial charge in [-0.05, 0) is 98.2 Å². The van der Waals surface area contributed by atoms with Gasteiger partial charge < -0.3 is 14.4 Å². The van der Waals surface area contributed by atoms with Crippen LogP contribution in [0, 0.1) is 11.8 Å². The Morgan fingerprint density at radius 1 is 1.00 bits per heavy atom. The van der Waals surface area contributed by atoms with Crippen molar-refractivity contribution in [1.29, 1.82) is 0 Å². The number of anilines is 1. The van der Waals surface area contributed by atoms with E-state index in [0.717, 1.165) is 80.7 Å². The van der Waals surface area contributed by atoms with Crippen molar-refractivity contribution < 1.29 is 22.7 Å². The van der Waals surface area contributed by atoms with Gasteiger partial charge in [0.15, 0.2) is 0 Å². The van der Waals surface area contributed by atoms with Crippen LogP contribution in [0.5, 0.6) is 5.75 Å². The van der Waals surface area contributed by atoms with E-state index in [1.807, 2.05) is 18.2 Å². The molecule has 0 radical (unpaired) electrons. The van der Waals surface area contributed by atoms with Crippen molar-refractivity contribution in [2.45, 2.75) is 70.5 Å². The number of nitrogens with zero attached hydrogens (tertiary/aromatic N) is 1. The topological polar surface area (TPSA) is 84.9 Å². The molecular formula is C30H39ClN2O5S. The first kappa shape index (κ1) is 28.2. The van der Waals surface area contributed by atoms with Gasteiger partial charge in [0.1, 0.15) is 12.4 Å². The lowest BCUT2D eigenvalue weighted by Crippen LogP contribution is -2.44. The number of amides is 1. The molecule has 1 saturated carbocycles. The summed E-state index contributed by atoms with van der Waals surface area (Å²) in [5.41, 5.74) is 3.46. The van der Waals surface area contributed by atoms with Gasteiger partial charge in [-0.2, -0.15) is 0 Å². The highest BCUT2D eigenvalue weighted by Gasteiger charge is 2.38. The van der Waals surface area contributed by atoms with E-state index >= 15 is 0 Å². The fourth-order valence-electron chi connectivity index (χ4n) is 6.25. The molecule has 5 rings (SSSR count). The van der Waals surface area contributed by atoms with Crippen LogP contribution in [0.1, 0.15) is 72.9 Å². The summed E-state index contributed by atoms with van der Waals surface area (Å²) in [6.07, 6.45) is 8.53. The molecule has 3 aliphatic rings. The van der Waals surface area contributed by atoms with Gasteiger partial charge in [0.2, 0.25) is 10.0 Å². The van der Waals surface area contributed by atoms with E-state index in [1.54, 1.807) is 25.3 Å². The van der Waals surface area contributed by atoms with Crippen molar-refractivity contribution in [2.24, 2.45) is 11.8 Å². The smallest absolute Gasteiger partial charge is 0.264 e. The number of carbonyl (C=O) groups excluding carboxylic acids is 1. The SMILES string of the molecule is CO[C@@H]1CCCCCS(=O)(=O)NC(=O)c2ccc3c(c2)N(CCCCc2cc(Cl)ccc2CO3)C[C@@H]2CC[C@H]21. The van der Waals surface area contributed by atoms with Gasteiger partial charge in [-0.3, -0.25) is 4.79 Å². The molecule has 1 fully saturated rings. The molecule has 9 heteroatoms. The lowest BCUT2D eigenvalue weighted by atomic mass is 9.69. The largest absolute Gasteiger partial charge is 0.487 e. The maximum atomic E-state index is 13.1. The molecule has 1 amide bonds. The number of benzene rings is 2. The van der Waals surface area contributed by atoms with Gasteiger partial charge >= 0.3 is 0 Å². The molecular weight excluding hydrogens is 536 g/mol. The summed E-state index contributed by atoms with van der Waals surface area (Å²) in [5.74, 6) is 1.01. The zero-order valence-electron chi connectivity index (χ0n) is 22.7. The van der Waals surface area contributed by atoms with Crippen molar-refractivity contribution in [3.8, 4) is 5.75 Å². The molecule has 1 N–H and O–H groups in total. The Kier molecular flexibility index (Phi) is 9.04. The molecule has 2 heterocycles. The third-order valence-corrected chi connectivity index (χ3v) is 10.2. The highest BCUT2D eigenvalue weighted by atomic mass is 35.5. The van der Waals surface area contributed by atoms with Crippen LogP contribution in [-0.2, 0) is 27.8 Å². The second-order valence-corrected chi connectivity index (χ2v) is 13.4. The number of hydrogen-bond acceptors (Lipinski definition) is 6. The van der Waals surface area contributed by atoms with Crippen molar-refractivity contribution >= 4 is 33.2 Å². The van der Waals surface area contributed by atoms with Gasteiger partial charge in [-0.15, -0.1) is 0 Å². The van der Waals surface area contributed by atoms with E-state index in [-0.39, 0.29) is 11.9 Å². The molecule has 0 saturated heterocycles. The molecule has 2 aromatic carbocycles. The Balaban J connectivity index is 1.51. The van der Waals surface area contributed by atoms with Crippen LogP contribution in [0.4, 0.5) is 5.69 Å². The number of fused-ring (bicyclic) bond motifs is 3. The number of methoxy groups -OCH3 is 1. The van der Waals surface area contributed by atoms with Crippen LogP contribution in [0.2, 0.25) is 5.02 Å². The van der Waals surface area contributed by atoms with Crippen LogP contribution in [-0.4, -0.2) is 46.4 Å². The summed E-state index contributed by atoms with van der Waals surface area (Å²) >= 11 is 6.30. The maximum Gasteiger partial charge on any atom is 0.264 e. The summed E-state index contributed by atoms with van der Waals surface area (Å²) in [6, 6.07) is 11.2. The third kappa shape index (κ3) is 6.90. The zero-order chi connectivity index (χ0) is 27.4. The minimum absolute atomic E-state index is 0.0634. The number of nitrogens with one attached hydrogen (secondary N) is 1. The summed E-state index contributed by atoms with van der Waals surface area (Å²) in [7, 11) is -1.93. The van der Waals surface area contributed by atoms with Crippen molar-refractivity contribution in [2.75, 3.05) is 30.9 Å². The first-order valence-corrected chi connectivity index (χ1v) is 16.2. The molecule has 0 spiro atoms. The van der Waals surface area contributed by atoms with E-state index < -0.39 is 15.9 Å². The van der Waals surface area contributed by atoms with Crippen molar-refractivity contribution in [3.63, 3.8) is 0 Å².